The van der Waals surface area contributed by atoms with Gasteiger partial charge in [0.05, 0.1) is 8.07 Å². The molecule has 0 heterocycles. The molecule has 0 spiro atoms. The van der Waals surface area contributed by atoms with Crippen molar-refractivity contribution in [2.45, 2.75) is 45.3 Å². The lowest BCUT2D eigenvalue weighted by atomic mass is 9.82. The molecule has 6 rings (SSSR count). The Morgan fingerprint density at radius 2 is 1.38 bits per heavy atom. The largest absolute Gasteiger partial charge is 0.0775 e. The van der Waals surface area contributed by atoms with Crippen LogP contribution in [-0.2, 0) is 6.42 Å². The molecule has 4 aromatic rings. The number of benzene rings is 4. The van der Waals surface area contributed by atoms with Gasteiger partial charge in [-0.15, -0.1) is 0 Å². The van der Waals surface area contributed by atoms with Crippen molar-refractivity contribution >= 4 is 19.3 Å². The second kappa shape index (κ2) is 7.96. The highest BCUT2D eigenvalue weighted by molar-refractivity contribution is 6.88. The third kappa shape index (κ3) is 3.34. The van der Waals surface area contributed by atoms with E-state index in [9.17, 15) is 0 Å². The average molecular weight is 457 g/mol. The van der Waals surface area contributed by atoms with E-state index in [0.717, 1.165) is 12.8 Å². The van der Waals surface area contributed by atoms with E-state index in [4.69, 9.17) is 0 Å². The van der Waals surface area contributed by atoms with Crippen LogP contribution in [0.15, 0.2) is 90.5 Å². The minimum atomic E-state index is -1.30. The number of rotatable bonds is 4. The fourth-order valence-corrected chi connectivity index (χ4v) is 7.16. The van der Waals surface area contributed by atoms with Gasteiger partial charge in [-0.05, 0) is 62.9 Å². The summed E-state index contributed by atoms with van der Waals surface area (Å²) in [5, 5.41) is 1.52. The second-order valence-corrected chi connectivity index (χ2v) is 15.9. The Labute approximate surface area is 205 Å². The summed E-state index contributed by atoms with van der Waals surface area (Å²) in [6.07, 6.45) is 4.61. The molecule has 168 valence electrons. The van der Waals surface area contributed by atoms with Crippen molar-refractivity contribution in [2.75, 3.05) is 0 Å². The molecule has 0 radical (unpaired) electrons. The van der Waals surface area contributed by atoms with Gasteiger partial charge in [0, 0.05) is 5.92 Å². The van der Waals surface area contributed by atoms with Crippen LogP contribution < -0.4 is 5.19 Å². The van der Waals surface area contributed by atoms with Crippen molar-refractivity contribution in [2.24, 2.45) is 0 Å². The van der Waals surface area contributed by atoms with Gasteiger partial charge >= 0.3 is 0 Å². The summed E-state index contributed by atoms with van der Waals surface area (Å²) >= 11 is 0. The van der Waals surface area contributed by atoms with Gasteiger partial charge in [-0.1, -0.05) is 128 Å². The number of hydrogen-bond donors (Lipinski definition) is 0. The molecule has 0 fully saturated rings. The molecule has 1 heteroatoms. The molecular formula is C33H32Si. The molecule has 4 aromatic carbocycles. The zero-order valence-electron chi connectivity index (χ0n) is 20.7. The molecule has 2 aliphatic rings. The van der Waals surface area contributed by atoms with Crippen LogP contribution in [-0.4, -0.2) is 8.07 Å². The lowest BCUT2D eigenvalue weighted by molar-refractivity contribution is 0.895. The topological polar surface area (TPSA) is 0 Å². The van der Waals surface area contributed by atoms with Crippen LogP contribution >= 0.6 is 0 Å². The molecule has 0 amide bonds. The summed E-state index contributed by atoms with van der Waals surface area (Å²) in [7, 11) is -1.30. The molecular weight excluding hydrogens is 424 g/mol. The summed E-state index contributed by atoms with van der Waals surface area (Å²) in [5.74, 6) is 0.352. The molecule has 0 nitrogen and oxygen atoms in total. The van der Waals surface area contributed by atoms with E-state index in [1.54, 1.807) is 0 Å². The molecule has 1 unspecified atom stereocenters. The summed E-state index contributed by atoms with van der Waals surface area (Å²) in [4.78, 5) is 0. The molecule has 34 heavy (non-hydrogen) atoms. The van der Waals surface area contributed by atoms with E-state index in [1.165, 1.54) is 60.8 Å². The zero-order valence-corrected chi connectivity index (χ0v) is 21.7. The van der Waals surface area contributed by atoms with Gasteiger partial charge in [-0.3, -0.25) is 0 Å². The van der Waals surface area contributed by atoms with Crippen LogP contribution in [0.2, 0.25) is 19.6 Å². The molecule has 0 saturated heterocycles. The highest BCUT2D eigenvalue weighted by Crippen LogP contribution is 2.49. The van der Waals surface area contributed by atoms with Crippen molar-refractivity contribution in [1.82, 2.24) is 0 Å². The van der Waals surface area contributed by atoms with Crippen molar-refractivity contribution in [3.8, 4) is 22.3 Å². The van der Waals surface area contributed by atoms with Gasteiger partial charge in [0.15, 0.2) is 0 Å². The fourth-order valence-electron chi connectivity index (χ4n) is 5.99. The van der Waals surface area contributed by atoms with Crippen molar-refractivity contribution < 1.29 is 0 Å². The second-order valence-electron chi connectivity index (χ2n) is 10.8. The lowest BCUT2D eigenvalue weighted by Gasteiger charge is -2.21. The number of allylic oxidation sites excluding steroid dienone is 1. The third-order valence-corrected chi connectivity index (χ3v) is 9.88. The molecule has 0 N–H and O–H groups in total. The van der Waals surface area contributed by atoms with Crippen molar-refractivity contribution in [1.29, 1.82) is 0 Å². The normalized spacial score (nSPS) is 16.1. The molecule has 0 aliphatic heterocycles. The molecule has 0 bridgehead atoms. The van der Waals surface area contributed by atoms with Gasteiger partial charge in [-0.25, -0.2) is 0 Å². The third-order valence-electron chi connectivity index (χ3n) is 7.82. The Kier molecular flexibility index (Phi) is 5.00. The first kappa shape index (κ1) is 21.4. The molecule has 1 atom stereocenters. The summed E-state index contributed by atoms with van der Waals surface area (Å²) < 4.78 is 0. The van der Waals surface area contributed by atoms with Crippen LogP contribution in [0, 0.1) is 0 Å². The summed E-state index contributed by atoms with van der Waals surface area (Å²) in [6, 6.07) is 32.2. The highest BCUT2D eigenvalue weighted by Gasteiger charge is 2.31. The van der Waals surface area contributed by atoms with E-state index in [1.807, 2.05) is 0 Å². The smallest absolute Gasteiger partial charge is 0.0656 e. The van der Waals surface area contributed by atoms with Crippen LogP contribution in [0.1, 0.15) is 47.1 Å². The first-order valence-electron chi connectivity index (χ1n) is 12.6. The van der Waals surface area contributed by atoms with Crippen LogP contribution in [0.3, 0.4) is 0 Å². The van der Waals surface area contributed by atoms with Gasteiger partial charge in [0.1, 0.15) is 0 Å². The maximum atomic E-state index is 2.49. The van der Waals surface area contributed by atoms with E-state index in [-0.39, 0.29) is 0 Å². The predicted molar refractivity (Wildman–Crippen MR) is 150 cm³/mol. The van der Waals surface area contributed by atoms with Crippen LogP contribution in [0.4, 0.5) is 0 Å². The first-order chi connectivity index (χ1) is 16.5. The van der Waals surface area contributed by atoms with E-state index >= 15 is 0 Å². The maximum absolute atomic E-state index is 2.49. The SMILES string of the molecule is CCC1=Cc2c(-c3ccc([Si](C)(C)C)cc3)cccc2C1c1cccc2c1Cc1ccccc1-2. The van der Waals surface area contributed by atoms with Crippen molar-refractivity contribution in [3.05, 3.63) is 118 Å². The van der Waals surface area contributed by atoms with Gasteiger partial charge < -0.3 is 0 Å². The van der Waals surface area contributed by atoms with Crippen molar-refractivity contribution in [3.63, 3.8) is 0 Å². The Morgan fingerprint density at radius 1 is 0.706 bits per heavy atom. The van der Waals surface area contributed by atoms with Crippen LogP contribution in [0.5, 0.6) is 0 Å². The monoisotopic (exact) mass is 456 g/mol. The summed E-state index contributed by atoms with van der Waals surface area (Å²) in [5.41, 5.74) is 14.4. The van der Waals surface area contributed by atoms with E-state index in [0.29, 0.717) is 5.92 Å². The lowest BCUT2D eigenvalue weighted by Crippen LogP contribution is -2.37. The minimum absolute atomic E-state index is 0.352. The standard InChI is InChI=1S/C33H32Si/c1-5-22-20-31-26(23-16-18-25(19-17-23)34(2,3)4)12-8-14-29(31)33(22)30-15-9-13-28-27-11-7-6-10-24(27)21-32(28)30/h6-20,33H,5,21H2,1-4H3. The molecule has 0 saturated carbocycles. The van der Waals surface area contributed by atoms with Crippen LogP contribution in [0.25, 0.3) is 28.3 Å². The Bertz CT molecular complexity index is 1430. The predicted octanol–water partition coefficient (Wildman–Crippen LogP) is 8.41. The quantitative estimate of drug-likeness (QED) is 0.238. The average Bonchev–Trinajstić information content (AvgIpc) is 3.42. The maximum Gasteiger partial charge on any atom is 0.0775 e. The Morgan fingerprint density at radius 3 is 2.12 bits per heavy atom. The first-order valence-corrected chi connectivity index (χ1v) is 16.1. The Balaban J connectivity index is 1.47. The molecule has 0 aromatic heterocycles. The zero-order chi connectivity index (χ0) is 23.4. The van der Waals surface area contributed by atoms with Gasteiger partial charge in [-0.2, -0.15) is 0 Å². The van der Waals surface area contributed by atoms with Gasteiger partial charge in [0.25, 0.3) is 0 Å². The number of fused-ring (bicyclic) bond motifs is 4. The summed E-state index contributed by atoms with van der Waals surface area (Å²) in [6.45, 7) is 9.56. The Hall–Kier alpha value is -3.16. The number of hydrogen-bond acceptors (Lipinski definition) is 0. The van der Waals surface area contributed by atoms with E-state index in [2.05, 4.69) is 118 Å². The minimum Gasteiger partial charge on any atom is -0.0656 e. The molecule has 2 aliphatic carbocycles. The fraction of sp³-hybridized carbons (Fsp3) is 0.212. The van der Waals surface area contributed by atoms with Gasteiger partial charge in [0.2, 0.25) is 0 Å². The highest BCUT2D eigenvalue weighted by atomic mass is 28.3. The van der Waals surface area contributed by atoms with E-state index < -0.39 is 8.07 Å².